The Labute approximate surface area is 176 Å². The van der Waals surface area contributed by atoms with E-state index in [0.717, 1.165) is 36.0 Å². The molecule has 0 unspecified atom stereocenters. The zero-order chi connectivity index (χ0) is 20.8. The molecule has 29 heavy (non-hydrogen) atoms. The van der Waals surface area contributed by atoms with E-state index in [1.165, 1.54) is 18.3 Å². The third-order valence-corrected chi connectivity index (χ3v) is 5.37. The summed E-state index contributed by atoms with van der Waals surface area (Å²) in [5.41, 5.74) is 4.16. The van der Waals surface area contributed by atoms with Gasteiger partial charge in [-0.1, -0.05) is 28.1 Å². The number of benzene rings is 2. The summed E-state index contributed by atoms with van der Waals surface area (Å²) in [5.74, 6) is -0.159. The van der Waals surface area contributed by atoms with Crippen LogP contribution < -0.4 is 5.43 Å². The van der Waals surface area contributed by atoms with Gasteiger partial charge in [0.25, 0.3) is 5.69 Å². The number of hydrazone groups is 1. The van der Waals surface area contributed by atoms with Crippen LogP contribution in [-0.4, -0.2) is 40.1 Å². The molecule has 1 aliphatic heterocycles. The van der Waals surface area contributed by atoms with Crippen molar-refractivity contribution in [1.82, 2.24) is 10.3 Å². The van der Waals surface area contributed by atoms with Crippen LogP contribution in [-0.2, 0) is 11.3 Å². The molecular weight excluding hydrogens is 440 g/mol. The Kier molecular flexibility index (Phi) is 6.95. The predicted octanol–water partition coefficient (Wildman–Crippen LogP) is 3.43. The highest BCUT2D eigenvalue weighted by molar-refractivity contribution is 9.10. The molecule has 0 spiro atoms. The minimum absolute atomic E-state index is 0.0841. The number of rotatable bonds is 6. The minimum atomic E-state index is -0.408. The SMILES string of the molecule is O=C(N/N=C\c1cc(Br)ccc1O)C1CCN(Cc2ccc([N+](=O)[O-])cc2)CC1. The maximum atomic E-state index is 12.3. The van der Waals surface area contributed by atoms with E-state index in [9.17, 15) is 20.0 Å². The highest BCUT2D eigenvalue weighted by atomic mass is 79.9. The van der Waals surface area contributed by atoms with Gasteiger partial charge in [0.15, 0.2) is 0 Å². The van der Waals surface area contributed by atoms with Crippen molar-refractivity contribution < 1.29 is 14.8 Å². The minimum Gasteiger partial charge on any atom is -0.507 e. The van der Waals surface area contributed by atoms with Crippen molar-refractivity contribution in [3.05, 3.63) is 68.2 Å². The number of non-ortho nitro benzene ring substituents is 1. The number of nitro groups is 1. The second kappa shape index (κ2) is 9.62. The number of phenols is 1. The van der Waals surface area contributed by atoms with Crippen LogP contribution in [0.15, 0.2) is 52.0 Å². The average Bonchev–Trinajstić information content (AvgIpc) is 2.71. The summed E-state index contributed by atoms with van der Waals surface area (Å²) in [4.78, 5) is 24.9. The van der Waals surface area contributed by atoms with Crippen LogP contribution in [0.2, 0.25) is 0 Å². The third-order valence-electron chi connectivity index (χ3n) is 4.88. The lowest BCUT2D eigenvalue weighted by Crippen LogP contribution is -2.39. The molecule has 2 N–H and O–H groups in total. The molecule has 8 nitrogen and oxygen atoms in total. The summed E-state index contributed by atoms with van der Waals surface area (Å²) in [7, 11) is 0. The number of aromatic hydroxyl groups is 1. The molecule has 0 radical (unpaired) electrons. The molecule has 2 aromatic carbocycles. The fourth-order valence-electron chi connectivity index (χ4n) is 3.22. The third kappa shape index (κ3) is 5.85. The second-order valence-corrected chi connectivity index (χ2v) is 7.83. The van der Waals surface area contributed by atoms with E-state index in [1.807, 2.05) is 0 Å². The van der Waals surface area contributed by atoms with Crippen molar-refractivity contribution in [2.45, 2.75) is 19.4 Å². The number of halogens is 1. The molecule has 1 fully saturated rings. The van der Waals surface area contributed by atoms with Crippen molar-refractivity contribution in [3.63, 3.8) is 0 Å². The van der Waals surface area contributed by atoms with E-state index < -0.39 is 4.92 Å². The summed E-state index contributed by atoms with van der Waals surface area (Å²) in [6.45, 7) is 2.24. The Morgan fingerprint density at radius 1 is 1.28 bits per heavy atom. The van der Waals surface area contributed by atoms with Crippen LogP contribution in [0.5, 0.6) is 5.75 Å². The number of carbonyl (C=O) groups excluding carboxylic acids is 1. The fraction of sp³-hybridized carbons (Fsp3) is 0.300. The maximum absolute atomic E-state index is 12.3. The number of piperidine rings is 1. The van der Waals surface area contributed by atoms with Crippen molar-refractivity contribution in [1.29, 1.82) is 0 Å². The van der Waals surface area contributed by atoms with E-state index in [-0.39, 0.29) is 23.3 Å². The Morgan fingerprint density at radius 3 is 2.62 bits per heavy atom. The van der Waals surface area contributed by atoms with Gasteiger partial charge in [0.05, 0.1) is 11.1 Å². The summed E-state index contributed by atoms with van der Waals surface area (Å²) in [6.07, 6.45) is 2.86. The van der Waals surface area contributed by atoms with Crippen LogP contribution in [0.4, 0.5) is 5.69 Å². The van der Waals surface area contributed by atoms with Crippen molar-refractivity contribution >= 4 is 33.7 Å². The van der Waals surface area contributed by atoms with Gasteiger partial charge in [-0.25, -0.2) is 5.43 Å². The Morgan fingerprint density at radius 2 is 1.97 bits per heavy atom. The lowest BCUT2D eigenvalue weighted by Gasteiger charge is -2.30. The first-order valence-corrected chi connectivity index (χ1v) is 9.99. The summed E-state index contributed by atoms with van der Waals surface area (Å²) < 4.78 is 0.809. The highest BCUT2D eigenvalue weighted by Gasteiger charge is 2.24. The molecule has 0 aromatic heterocycles. The van der Waals surface area contributed by atoms with Crippen molar-refractivity contribution in [2.75, 3.05) is 13.1 Å². The van der Waals surface area contributed by atoms with Gasteiger partial charge >= 0.3 is 0 Å². The van der Waals surface area contributed by atoms with Crippen LogP contribution in [0.25, 0.3) is 0 Å². The summed E-state index contributed by atoms with van der Waals surface area (Å²) in [6, 6.07) is 11.5. The monoisotopic (exact) mass is 460 g/mol. The lowest BCUT2D eigenvalue weighted by molar-refractivity contribution is -0.384. The molecule has 2 aromatic rings. The largest absolute Gasteiger partial charge is 0.507 e. The zero-order valence-corrected chi connectivity index (χ0v) is 17.2. The van der Waals surface area contributed by atoms with Gasteiger partial charge in [-0.15, -0.1) is 0 Å². The van der Waals surface area contributed by atoms with Crippen LogP contribution >= 0.6 is 15.9 Å². The van der Waals surface area contributed by atoms with Crippen LogP contribution in [0.3, 0.4) is 0 Å². The number of hydrogen-bond donors (Lipinski definition) is 2. The normalized spacial score (nSPS) is 15.5. The summed E-state index contributed by atoms with van der Waals surface area (Å²) >= 11 is 3.32. The fourth-order valence-corrected chi connectivity index (χ4v) is 3.60. The van der Waals surface area contributed by atoms with E-state index >= 15 is 0 Å². The smallest absolute Gasteiger partial charge is 0.269 e. The van der Waals surface area contributed by atoms with Gasteiger partial charge < -0.3 is 5.11 Å². The molecule has 1 aliphatic rings. The highest BCUT2D eigenvalue weighted by Crippen LogP contribution is 2.21. The molecule has 152 valence electrons. The average molecular weight is 461 g/mol. The predicted molar refractivity (Wildman–Crippen MR) is 113 cm³/mol. The molecule has 0 atom stereocenters. The number of likely N-dealkylation sites (tertiary alicyclic amines) is 1. The topological polar surface area (TPSA) is 108 Å². The van der Waals surface area contributed by atoms with Gasteiger partial charge in [0.2, 0.25) is 5.91 Å². The van der Waals surface area contributed by atoms with Crippen LogP contribution in [0, 0.1) is 16.0 Å². The molecule has 3 rings (SSSR count). The number of phenolic OH excluding ortho intramolecular Hbond substituents is 1. The van der Waals surface area contributed by atoms with Gasteiger partial charge in [0.1, 0.15) is 5.75 Å². The van der Waals surface area contributed by atoms with E-state index in [0.29, 0.717) is 12.1 Å². The summed E-state index contributed by atoms with van der Waals surface area (Å²) in [5, 5.41) is 24.5. The molecule has 1 saturated heterocycles. The van der Waals surface area contributed by atoms with Crippen molar-refractivity contribution in [3.8, 4) is 5.75 Å². The number of carbonyl (C=O) groups is 1. The van der Waals surface area contributed by atoms with Gasteiger partial charge in [-0.3, -0.25) is 19.8 Å². The number of amides is 1. The molecular formula is C20H21BrN4O4. The van der Waals surface area contributed by atoms with Gasteiger partial charge in [-0.2, -0.15) is 5.10 Å². The van der Waals surface area contributed by atoms with Crippen molar-refractivity contribution in [2.24, 2.45) is 11.0 Å². The first kappa shape index (κ1) is 20.9. The molecule has 1 heterocycles. The number of hydrogen-bond acceptors (Lipinski definition) is 6. The quantitative estimate of drug-likeness (QED) is 0.390. The van der Waals surface area contributed by atoms with E-state index in [2.05, 4.69) is 31.4 Å². The van der Waals surface area contributed by atoms with E-state index in [1.54, 1.807) is 30.3 Å². The van der Waals surface area contributed by atoms with Gasteiger partial charge in [0, 0.05) is 34.6 Å². The molecule has 9 heteroatoms. The maximum Gasteiger partial charge on any atom is 0.269 e. The standard InChI is InChI=1S/C20H21BrN4O4/c21-17-3-6-19(26)16(11-17)12-22-23-20(27)15-7-9-24(10-8-15)13-14-1-4-18(5-2-14)25(28)29/h1-6,11-12,15,26H,7-10,13H2,(H,23,27)/b22-12-. The first-order chi connectivity index (χ1) is 13.9. The second-order valence-electron chi connectivity index (χ2n) is 6.91. The number of nitro benzene ring substituents is 1. The van der Waals surface area contributed by atoms with Gasteiger partial charge in [-0.05, 0) is 49.7 Å². The number of nitrogens with one attached hydrogen (secondary N) is 1. The van der Waals surface area contributed by atoms with E-state index in [4.69, 9.17) is 0 Å². The van der Waals surface area contributed by atoms with Crippen LogP contribution in [0.1, 0.15) is 24.0 Å². The Bertz CT molecular complexity index is 909. The molecule has 0 aliphatic carbocycles. The number of nitrogens with zero attached hydrogens (tertiary/aromatic N) is 3. The molecule has 0 bridgehead atoms. The first-order valence-electron chi connectivity index (χ1n) is 9.19. The molecule has 1 amide bonds. The zero-order valence-electron chi connectivity index (χ0n) is 15.6. The lowest BCUT2D eigenvalue weighted by atomic mass is 9.96. The molecule has 0 saturated carbocycles. The Hall–Kier alpha value is -2.78. The Balaban J connectivity index is 1.46.